The van der Waals surface area contributed by atoms with E-state index in [4.69, 9.17) is 9.52 Å². The lowest BCUT2D eigenvalue weighted by molar-refractivity contribution is -0.137. The first kappa shape index (κ1) is 16.3. The maximum atomic E-state index is 12.4. The first-order valence-electron chi connectivity index (χ1n) is 6.85. The number of aliphatic carboxylic acids is 1. The molecule has 1 amide bonds. The van der Waals surface area contributed by atoms with Gasteiger partial charge in [-0.15, -0.1) is 0 Å². The molecule has 6 heteroatoms. The summed E-state index contributed by atoms with van der Waals surface area (Å²) in [5.74, 6) is -0.731. The fourth-order valence-electron chi connectivity index (χ4n) is 2.20. The minimum Gasteiger partial charge on any atom is -0.481 e. The van der Waals surface area contributed by atoms with E-state index in [1.54, 1.807) is 24.3 Å². The molecule has 2 aromatic rings. The zero-order chi connectivity index (χ0) is 16.1. The smallest absolute Gasteiger partial charge is 0.305 e. The summed E-state index contributed by atoms with van der Waals surface area (Å²) in [5, 5.41) is 11.8. The summed E-state index contributed by atoms with van der Waals surface area (Å²) in [7, 11) is 0. The number of halogens is 1. The summed E-state index contributed by atoms with van der Waals surface area (Å²) in [6, 6.07) is 8.21. The number of carbonyl (C=O) groups excluding carboxylic acids is 1. The van der Waals surface area contributed by atoms with Crippen molar-refractivity contribution in [2.75, 3.05) is 0 Å². The minimum absolute atomic E-state index is 0.193. The van der Waals surface area contributed by atoms with Crippen LogP contribution in [0.4, 0.5) is 0 Å². The molecule has 1 heterocycles. The van der Waals surface area contributed by atoms with E-state index >= 15 is 0 Å². The quantitative estimate of drug-likeness (QED) is 0.820. The van der Waals surface area contributed by atoms with Gasteiger partial charge in [0.15, 0.2) is 0 Å². The highest BCUT2D eigenvalue weighted by Gasteiger charge is 2.21. The van der Waals surface area contributed by atoms with Crippen molar-refractivity contribution in [3.63, 3.8) is 0 Å². The number of carbonyl (C=O) groups is 2. The summed E-state index contributed by atoms with van der Waals surface area (Å²) >= 11 is 3.35. The summed E-state index contributed by atoms with van der Waals surface area (Å²) < 4.78 is 6.06. The number of rotatable bonds is 6. The summed E-state index contributed by atoms with van der Waals surface area (Å²) in [6.07, 6.45) is 1.86. The van der Waals surface area contributed by atoms with E-state index in [1.807, 2.05) is 13.0 Å². The molecule has 0 saturated carbocycles. The largest absolute Gasteiger partial charge is 0.481 e. The van der Waals surface area contributed by atoms with Gasteiger partial charge in [0.1, 0.15) is 5.76 Å². The second kappa shape index (κ2) is 7.26. The van der Waals surface area contributed by atoms with Crippen LogP contribution in [0.25, 0.3) is 0 Å². The predicted molar refractivity (Wildman–Crippen MR) is 84.7 cm³/mol. The van der Waals surface area contributed by atoms with Gasteiger partial charge in [-0.3, -0.25) is 9.59 Å². The van der Waals surface area contributed by atoms with Crippen molar-refractivity contribution in [2.45, 2.75) is 25.8 Å². The average molecular weight is 366 g/mol. The molecule has 0 aliphatic rings. The molecule has 116 valence electrons. The summed E-state index contributed by atoms with van der Waals surface area (Å²) in [5.41, 5.74) is 1.17. The van der Waals surface area contributed by atoms with E-state index in [-0.39, 0.29) is 12.3 Å². The van der Waals surface area contributed by atoms with Crippen molar-refractivity contribution >= 4 is 27.8 Å². The van der Waals surface area contributed by atoms with Gasteiger partial charge in [0, 0.05) is 10.9 Å². The lowest BCUT2D eigenvalue weighted by atomic mass is 10.0. The molecule has 0 fully saturated rings. The van der Waals surface area contributed by atoms with Crippen LogP contribution in [-0.4, -0.2) is 17.0 Å². The molecule has 1 aromatic carbocycles. The highest BCUT2D eigenvalue weighted by molar-refractivity contribution is 9.10. The average Bonchev–Trinajstić information content (AvgIpc) is 2.94. The fourth-order valence-corrected chi connectivity index (χ4v) is 2.62. The van der Waals surface area contributed by atoms with Crippen molar-refractivity contribution < 1.29 is 19.1 Å². The molecule has 0 aliphatic heterocycles. The Morgan fingerprint density at radius 3 is 2.77 bits per heavy atom. The van der Waals surface area contributed by atoms with Gasteiger partial charge in [-0.05, 0) is 23.8 Å². The van der Waals surface area contributed by atoms with Crippen LogP contribution in [0.5, 0.6) is 0 Å². The van der Waals surface area contributed by atoms with Crippen LogP contribution in [0.15, 0.2) is 45.5 Å². The summed E-state index contributed by atoms with van der Waals surface area (Å²) in [6.45, 7) is 1.89. The first-order chi connectivity index (χ1) is 10.5. The molecule has 2 N–H and O–H groups in total. The second-order valence-electron chi connectivity index (χ2n) is 4.79. The number of hydrogen-bond donors (Lipinski definition) is 2. The molecule has 22 heavy (non-hydrogen) atoms. The third-order valence-electron chi connectivity index (χ3n) is 3.25. The lowest BCUT2D eigenvalue weighted by Crippen LogP contribution is -2.30. The van der Waals surface area contributed by atoms with Crippen molar-refractivity contribution in [1.82, 2.24) is 5.32 Å². The standard InChI is InChI=1S/C16H16BrNO4/c1-2-14-12(6-7-22-14)16(21)18-13(9-15(19)20)10-4-3-5-11(17)8-10/h3-8,13H,2,9H2,1H3,(H,18,21)(H,19,20). The fraction of sp³-hybridized carbons (Fsp3) is 0.250. The Morgan fingerprint density at radius 1 is 1.36 bits per heavy atom. The molecule has 0 spiro atoms. The third-order valence-corrected chi connectivity index (χ3v) is 3.74. The van der Waals surface area contributed by atoms with Crippen LogP contribution in [0, 0.1) is 0 Å². The topological polar surface area (TPSA) is 79.5 Å². The number of benzene rings is 1. The Morgan fingerprint density at radius 2 is 2.14 bits per heavy atom. The first-order valence-corrected chi connectivity index (χ1v) is 7.65. The molecular weight excluding hydrogens is 350 g/mol. The Balaban J connectivity index is 2.23. The zero-order valence-electron chi connectivity index (χ0n) is 12.0. The van der Waals surface area contributed by atoms with E-state index in [2.05, 4.69) is 21.2 Å². The van der Waals surface area contributed by atoms with E-state index in [1.165, 1.54) is 6.26 Å². The van der Waals surface area contributed by atoms with Crippen LogP contribution in [0.3, 0.4) is 0 Å². The van der Waals surface area contributed by atoms with Gasteiger partial charge >= 0.3 is 5.97 Å². The van der Waals surface area contributed by atoms with Crippen LogP contribution >= 0.6 is 15.9 Å². The summed E-state index contributed by atoms with van der Waals surface area (Å²) in [4.78, 5) is 23.4. The second-order valence-corrected chi connectivity index (χ2v) is 5.71. The van der Waals surface area contributed by atoms with Gasteiger partial charge in [-0.1, -0.05) is 35.0 Å². The molecule has 2 rings (SSSR count). The van der Waals surface area contributed by atoms with Crippen LogP contribution < -0.4 is 5.32 Å². The number of carboxylic acids is 1. The van der Waals surface area contributed by atoms with Crippen molar-refractivity contribution in [2.24, 2.45) is 0 Å². The number of nitrogens with one attached hydrogen (secondary N) is 1. The van der Waals surface area contributed by atoms with Gasteiger partial charge in [-0.25, -0.2) is 0 Å². The molecule has 1 aromatic heterocycles. The van der Waals surface area contributed by atoms with Crippen LogP contribution in [-0.2, 0) is 11.2 Å². The molecule has 0 saturated heterocycles. The van der Waals surface area contributed by atoms with Crippen LogP contribution in [0.2, 0.25) is 0 Å². The van der Waals surface area contributed by atoms with E-state index in [0.29, 0.717) is 17.7 Å². The van der Waals surface area contributed by atoms with Crippen molar-refractivity contribution in [3.8, 4) is 0 Å². The molecule has 5 nitrogen and oxygen atoms in total. The molecule has 1 unspecified atom stereocenters. The molecule has 0 bridgehead atoms. The van der Waals surface area contributed by atoms with Crippen molar-refractivity contribution in [3.05, 3.63) is 58.0 Å². The maximum Gasteiger partial charge on any atom is 0.305 e. The normalized spacial score (nSPS) is 11.9. The number of amides is 1. The maximum absolute atomic E-state index is 12.4. The monoisotopic (exact) mass is 365 g/mol. The van der Waals surface area contributed by atoms with Gasteiger partial charge in [0.25, 0.3) is 5.91 Å². The SMILES string of the molecule is CCc1occc1C(=O)NC(CC(=O)O)c1cccc(Br)c1. The molecular formula is C16H16BrNO4. The highest BCUT2D eigenvalue weighted by atomic mass is 79.9. The number of aryl methyl sites for hydroxylation is 1. The number of hydrogen-bond acceptors (Lipinski definition) is 3. The van der Waals surface area contributed by atoms with Gasteiger partial charge in [0.05, 0.1) is 24.3 Å². The number of furan rings is 1. The number of carboxylic acid groups (broad SMARTS) is 1. The van der Waals surface area contributed by atoms with E-state index in [9.17, 15) is 9.59 Å². The van der Waals surface area contributed by atoms with Gasteiger partial charge < -0.3 is 14.8 Å². The molecule has 0 radical (unpaired) electrons. The highest BCUT2D eigenvalue weighted by Crippen LogP contribution is 2.22. The van der Waals surface area contributed by atoms with Gasteiger partial charge in [0.2, 0.25) is 0 Å². The Bertz CT molecular complexity index is 680. The Labute approximate surface area is 136 Å². The minimum atomic E-state index is -0.979. The predicted octanol–water partition coefficient (Wildman–Crippen LogP) is 3.55. The Kier molecular flexibility index (Phi) is 5.38. The molecule has 0 aliphatic carbocycles. The lowest BCUT2D eigenvalue weighted by Gasteiger charge is -2.17. The third kappa shape index (κ3) is 3.98. The van der Waals surface area contributed by atoms with Crippen LogP contribution in [0.1, 0.15) is 41.1 Å². The molecule has 1 atom stereocenters. The van der Waals surface area contributed by atoms with E-state index in [0.717, 1.165) is 10.0 Å². The van der Waals surface area contributed by atoms with Crippen molar-refractivity contribution in [1.29, 1.82) is 0 Å². The van der Waals surface area contributed by atoms with E-state index < -0.39 is 12.0 Å². The Hall–Kier alpha value is -2.08. The zero-order valence-corrected chi connectivity index (χ0v) is 13.6. The van der Waals surface area contributed by atoms with Gasteiger partial charge in [-0.2, -0.15) is 0 Å².